The van der Waals surface area contributed by atoms with Gasteiger partial charge >= 0.3 is 17.9 Å². The number of nitrogens with two attached hydrogens (primary N) is 1. The molecule has 5 N–H and O–H groups in total. The van der Waals surface area contributed by atoms with E-state index in [1.54, 1.807) is 45.0 Å². The molecular formula is C37H48Cl2N4O9S. The number of halogens is 2. The summed E-state index contributed by atoms with van der Waals surface area (Å²) in [4.78, 5) is 52.9. The molecule has 0 aliphatic rings. The molecule has 0 radical (unpaired) electrons. The zero-order valence-electron chi connectivity index (χ0n) is 30.0. The minimum atomic E-state index is -4.27. The molecule has 13 nitrogen and oxygen atoms in total. The Hall–Kier alpha value is -4.21. The Labute approximate surface area is 322 Å². The molecular weight excluding hydrogens is 747 g/mol. The van der Waals surface area contributed by atoms with Gasteiger partial charge in [0.1, 0.15) is 17.0 Å². The van der Waals surface area contributed by atoms with Gasteiger partial charge in [-0.1, -0.05) is 72.3 Å². The van der Waals surface area contributed by atoms with Crippen LogP contribution in [0.1, 0.15) is 67.9 Å². The van der Waals surface area contributed by atoms with Gasteiger partial charge < -0.3 is 24.8 Å². The molecule has 0 unspecified atom stereocenters. The number of sulfonamides is 1. The SMILES string of the molecule is CCOC(=O)c1cc(S(N)(=O)=O)c(NCCCC[C@H](C(=O)O)N(Cc2ccccc2)C(=O)[C@H](C)N[C@@H](CCc2ccccc2)C(=O)OCC)cc1Cl.Cl. The van der Waals surface area contributed by atoms with E-state index in [1.807, 2.05) is 36.4 Å². The quantitative estimate of drug-likeness (QED) is 0.0819. The third-order valence-electron chi connectivity index (χ3n) is 8.19. The maximum absolute atomic E-state index is 14.1. The smallest absolute Gasteiger partial charge is 0.339 e. The van der Waals surface area contributed by atoms with Crippen molar-refractivity contribution >= 4 is 63.5 Å². The van der Waals surface area contributed by atoms with Crippen molar-refractivity contribution in [3.63, 3.8) is 0 Å². The lowest BCUT2D eigenvalue weighted by Gasteiger charge is -2.33. The average Bonchev–Trinajstić information content (AvgIpc) is 3.10. The fourth-order valence-corrected chi connectivity index (χ4v) is 6.56. The maximum atomic E-state index is 14.1. The molecule has 0 fully saturated rings. The fraction of sp³-hybridized carbons (Fsp3) is 0.405. The van der Waals surface area contributed by atoms with Crippen molar-refractivity contribution in [1.29, 1.82) is 0 Å². The monoisotopic (exact) mass is 794 g/mol. The van der Waals surface area contributed by atoms with Crippen LogP contribution in [0.3, 0.4) is 0 Å². The number of esters is 2. The van der Waals surface area contributed by atoms with Crippen LogP contribution in [0.5, 0.6) is 0 Å². The van der Waals surface area contributed by atoms with E-state index in [0.29, 0.717) is 25.7 Å². The number of hydrogen-bond donors (Lipinski definition) is 4. The number of carbonyl (C=O) groups excluding carboxylic acids is 3. The van der Waals surface area contributed by atoms with E-state index in [-0.39, 0.29) is 66.3 Å². The Morgan fingerprint density at radius 2 is 1.51 bits per heavy atom. The summed E-state index contributed by atoms with van der Waals surface area (Å²) in [5.41, 5.74) is 1.65. The molecule has 3 aromatic carbocycles. The van der Waals surface area contributed by atoms with Crippen LogP contribution in [0.2, 0.25) is 5.02 Å². The van der Waals surface area contributed by atoms with E-state index in [4.69, 9.17) is 26.2 Å². The standard InChI is InChI=1S/C37H47ClN4O9S.ClH/c1-4-50-36(46)28-22-33(52(39,48)49)31(23-29(28)38)40-21-13-12-18-32(35(44)45)42(24-27-16-10-7-11-17-27)34(43)25(3)41-30(37(47)51-5-2)20-19-26-14-8-6-9-15-26;/h6-11,14-17,22-23,25,30,32,40-41H,4-5,12-13,18-21,24H2,1-3H3,(H,44,45)(H2,39,48,49);1H/t25-,30-,32+;/m0./s1. The average molecular weight is 796 g/mol. The van der Waals surface area contributed by atoms with Gasteiger partial charge in [-0.15, -0.1) is 12.4 Å². The second-order valence-corrected chi connectivity index (χ2v) is 14.0. The lowest BCUT2D eigenvalue weighted by atomic mass is 10.0. The zero-order chi connectivity index (χ0) is 38.3. The number of anilines is 1. The van der Waals surface area contributed by atoms with Crippen LogP contribution in [-0.4, -0.2) is 80.1 Å². The van der Waals surface area contributed by atoms with Crippen LogP contribution in [0.25, 0.3) is 0 Å². The molecule has 0 aromatic heterocycles. The van der Waals surface area contributed by atoms with E-state index >= 15 is 0 Å². The molecule has 0 saturated heterocycles. The van der Waals surface area contributed by atoms with E-state index < -0.39 is 52.0 Å². The summed E-state index contributed by atoms with van der Waals surface area (Å²) in [5, 5.41) is 21.8. The van der Waals surface area contributed by atoms with Crippen LogP contribution < -0.4 is 15.8 Å². The highest BCUT2D eigenvalue weighted by Gasteiger charge is 2.34. The summed E-state index contributed by atoms with van der Waals surface area (Å²) in [7, 11) is -4.27. The van der Waals surface area contributed by atoms with Crippen molar-refractivity contribution in [1.82, 2.24) is 10.2 Å². The molecule has 53 heavy (non-hydrogen) atoms. The number of amides is 1. The maximum Gasteiger partial charge on any atom is 0.339 e. The molecule has 0 saturated carbocycles. The van der Waals surface area contributed by atoms with Gasteiger partial charge in [-0.3, -0.25) is 14.9 Å². The number of carboxylic acid groups (broad SMARTS) is 1. The number of aliphatic carboxylic acids is 1. The Balaban J connectivity index is 0.00000972. The van der Waals surface area contributed by atoms with Crippen molar-refractivity contribution in [2.45, 2.75) is 82.4 Å². The summed E-state index contributed by atoms with van der Waals surface area (Å²) in [6.07, 6.45) is 1.68. The number of aryl methyl sites for hydroxylation is 1. The molecule has 0 heterocycles. The number of carbonyl (C=O) groups is 4. The second kappa shape index (κ2) is 22.1. The molecule has 3 rings (SSSR count). The first-order chi connectivity index (χ1) is 24.8. The van der Waals surface area contributed by atoms with Gasteiger partial charge in [-0.2, -0.15) is 0 Å². The van der Waals surface area contributed by atoms with Gasteiger partial charge in [-0.25, -0.2) is 23.1 Å². The van der Waals surface area contributed by atoms with Crippen LogP contribution >= 0.6 is 24.0 Å². The largest absolute Gasteiger partial charge is 0.480 e. The van der Waals surface area contributed by atoms with Crippen LogP contribution in [0, 0.1) is 0 Å². The number of benzene rings is 3. The number of ether oxygens (including phenoxy) is 2. The minimum Gasteiger partial charge on any atom is -0.480 e. The van der Waals surface area contributed by atoms with Crippen molar-refractivity contribution in [3.8, 4) is 0 Å². The summed E-state index contributed by atoms with van der Waals surface area (Å²) < 4.78 is 34.9. The lowest BCUT2D eigenvalue weighted by molar-refractivity contribution is -0.153. The van der Waals surface area contributed by atoms with Gasteiger partial charge in [0.25, 0.3) is 0 Å². The molecule has 0 aliphatic carbocycles. The van der Waals surface area contributed by atoms with Gasteiger partial charge in [0.2, 0.25) is 15.9 Å². The molecule has 290 valence electrons. The van der Waals surface area contributed by atoms with Gasteiger partial charge in [0.15, 0.2) is 0 Å². The molecule has 0 spiro atoms. The van der Waals surface area contributed by atoms with Crippen LogP contribution in [-0.2, 0) is 46.8 Å². The normalized spacial score (nSPS) is 12.8. The number of nitrogens with one attached hydrogen (secondary N) is 2. The highest BCUT2D eigenvalue weighted by molar-refractivity contribution is 7.89. The van der Waals surface area contributed by atoms with E-state index in [1.165, 1.54) is 11.0 Å². The Morgan fingerprint density at radius 1 is 0.906 bits per heavy atom. The van der Waals surface area contributed by atoms with Crippen molar-refractivity contribution < 1.29 is 42.2 Å². The number of nitrogens with zero attached hydrogens (tertiary/aromatic N) is 1. The summed E-state index contributed by atoms with van der Waals surface area (Å²) in [6, 6.07) is 17.9. The molecule has 0 aliphatic heterocycles. The Bertz CT molecular complexity index is 1770. The van der Waals surface area contributed by atoms with E-state index in [9.17, 15) is 32.7 Å². The predicted molar refractivity (Wildman–Crippen MR) is 205 cm³/mol. The zero-order valence-corrected chi connectivity index (χ0v) is 32.3. The molecule has 3 atom stereocenters. The number of primary sulfonamides is 1. The Morgan fingerprint density at radius 3 is 2.08 bits per heavy atom. The van der Waals surface area contributed by atoms with E-state index in [0.717, 1.165) is 17.2 Å². The minimum absolute atomic E-state index is 0. The summed E-state index contributed by atoms with van der Waals surface area (Å²) >= 11 is 6.26. The van der Waals surface area contributed by atoms with Gasteiger partial charge in [0, 0.05) is 13.1 Å². The summed E-state index contributed by atoms with van der Waals surface area (Å²) in [6.45, 7) is 5.32. The number of carboxylic acids is 1. The lowest BCUT2D eigenvalue weighted by Crippen LogP contribution is -2.54. The first-order valence-corrected chi connectivity index (χ1v) is 19.0. The first-order valence-electron chi connectivity index (χ1n) is 17.1. The van der Waals surface area contributed by atoms with Crippen molar-refractivity contribution in [2.75, 3.05) is 25.1 Å². The molecule has 16 heteroatoms. The Kier molecular flexibility index (Phi) is 18.8. The topological polar surface area (TPSA) is 194 Å². The molecule has 3 aromatic rings. The second-order valence-electron chi connectivity index (χ2n) is 12.0. The highest BCUT2D eigenvalue weighted by Crippen LogP contribution is 2.29. The number of hydrogen-bond acceptors (Lipinski definition) is 10. The van der Waals surface area contributed by atoms with Crippen molar-refractivity contribution in [3.05, 3.63) is 94.5 Å². The fourth-order valence-electron chi connectivity index (χ4n) is 5.60. The van der Waals surface area contributed by atoms with E-state index in [2.05, 4.69) is 10.6 Å². The molecule has 0 bridgehead atoms. The third kappa shape index (κ3) is 13.9. The van der Waals surface area contributed by atoms with Gasteiger partial charge in [-0.05, 0) is 76.1 Å². The first kappa shape index (κ1) is 44.9. The third-order valence-corrected chi connectivity index (χ3v) is 9.45. The molecule has 1 amide bonds. The van der Waals surface area contributed by atoms with Crippen LogP contribution in [0.4, 0.5) is 5.69 Å². The van der Waals surface area contributed by atoms with Gasteiger partial charge in [0.05, 0.1) is 35.5 Å². The predicted octanol–water partition coefficient (Wildman–Crippen LogP) is 5.19. The number of unbranched alkanes of at least 4 members (excludes halogenated alkanes) is 1. The van der Waals surface area contributed by atoms with Crippen molar-refractivity contribution in [2.24, 2.45) is 5.14 Å². The summed E-state index contributed by atoms with van der Waals surface area (Å²) in [5.74, 6) is -3.01. The number of rotatable bonds is 21. The van der Waals surface area contributed by atoms with Crippen LogP contribution in [0.15, 0.2) is 77.7 Å². The highest BCUT2D eigenvalue weighted by atomic mass is 35.5.